The molecule has 0 bridgehead atoms. The molecule has 6 nitrogen and oxygen atoms in total. The topological polar surface area (TPSA) is 66.8 Å². The van der Waals surface area contributed by atoms with E-state index in [-0.39, 0.29) is 11.9 Å². The van der Waals surface area contributed by atoms with Gasteiger partial charge in [0.05, 0.1) is 5.69 Å². The van der Waals surface area contributed by atoms with Crippen LogP contribution in [0.25, 0.3) is 0 Å². The van der Waals surface area contributed by atoms with Gasteiger partial charge in [-0.1, -0.05) is 0 Å². The van der Waals surface area contributed by atoms with Gasteiger partial charge >= 0.3 is 0 Å². The summed E-state index contributed by atoms with van der Waals surface area (Å²) in [7, 11) is 0. The molecule has 1 aliphatic heterocycles. The molecule has 6 heteroatoms. The zero-order valence-electron chi connectivity index (χ0n) is 13.0. The number of nitrogens with zero attached hydrogens (tertiary/aromatic N) is 4. The SMILES string of the molecule is Cc1nccn1[C@@H](C)C(=O)N1CCc2[nH]nc(C3CC3)c2C1. The zero-order chi connectivity index (χ0) is 15.3. The molecule has 0 saturated heterocycles. The number of nitrogens with one attached hydrogen (secondary N) is 1. The molecule has 2 aliphatic rings. The number of H-pyrrole nitrogens is 1. The Morgan fingerprint density at radius 1 is 1.45 bits per heavy atom. The van der Waals surface area contributed by atoms with Gasteiger partial charge in [0.1, 0.15) is 11.9 Å². The number of hydrogen-bond acceptors (Lipinski definition) is 3. The van der Waals surface area contributed by atoms with Crippen molar-refractivity contribution in [1.82, 2.24) is 24.6 Å². The fraction of sp³-hybridized carbons (Fsp3) is 0.562. The van der Waals surface area contributed by atoms with Crippen LogP contribution in [-0.2, 0) is 17.8 Å². The van der Waals surface area contributed by atoms with E-state index in [1.807, 2.05) is 29.5 Å². The third-order valence-corrected chi connectivity index (χ3v) is 4.88. The second-order valence-electron chi connectivity index (χ2n) is 6.41. The van der Waals surface area contributed by atoms with Crippen LogP contribution in [0.3, 0.4) is 0 Å². The minimum Gasteiger partial charge on any atom is -0.336 e. The first-order chi connectivity index (χ1) is 10.6. The van der Waals surface area contributed by atoms with Crippen LogP contribution in [0.1, 0.15) is 54.5 Å². The molecule has 22 heavy (non-hydrogen) atoms. The summed E-state index contributed by atoms with van der Waals surface area (Å²) in [5.41, 5.74) is 3.67. The van der Waals surface area contributed by atoms with E-state index < -0.39 is 0 Å². The van der Waals surface area contributed by atoms with Gasteiger partial charge in [-0.3, -0.25) is 9.89 Å². The normalized spacial score (nSPS) is 19.1. The van der Waals surface area contributed by atoms with E-state index in [2.05, 4.69) is 15.2 Å². The molecule has 1 atom stereocenters. The fourth-order valence-corrected chi connectivity index (χ4v) is 3.38. The lowest BCUT2D eigenvalue weighted by molar-refractivity contribution is -0.135. The molecule has 1 N–H and O–H groups in total. The van der Waals surface area contributed by atoms with Gasteiger partial charge < -0.3 is 9.47 Å². The van der Waals surface area contributed by atoms with E-state index in [0.717, 1.165) is 18.8 Å². The third kappa shape index (κ3) is 2.14. The highest BCUT2D eigenvalue weighted by Gasteiger charge is 2.34. The number of aryl methyl sites for hydroxylation is 1. The summed E-state index contributed by atoms with van der Waals surface area (Å²) < 4.78 is 1.94. The smallest absolute Gasteiger partial charge is 0.245 e. The van der Waals surface area contributed by atoms with Crippen LogP contribution in [0.15, 0.2) is 12.4 Å². The lowest BCUT2D eigenvalue weighted by atomic mass is 10.0. The van der Waals surface area contributed by atoms with Crippen molar-refractivity contribution in [3.05, 3.63) is 35.2 Å². The van der Waals surface area contributed by atoms with Gasteiger partial charge in [0, 0.05) is 49.1 Å². The maximum atomic E-state index is 12.8. The average molecular weight is 299 g/mol. The number of carbonyl (C=O) groups is 1. The molecule has 1 fully saturated rings. The summed E-state index contributed by atoms with van der Waals surface area (Å²) in [5, 5.41) is 7.65. The number of rotatable bonds is 3. The monoisotopic (exact) mass is 299 g/mol. The predicted octanol–water partition coefficient (Wildman–Crippen LogP) is 1.94. The number of aromatic amines is 1. The average Bonchev–Trinajstić information content (AvgIpc) is 3.14. The molecule has 4 rings (SSSR count). The van der Waals surface area contributed by atoms with Crippen molar-refractivity contribution in [2.75, 3.05) is 6.54 Å². The highest BCUT2D eigenvalue weighted by molar-refractivity contribution is 5.80. The van der Waals surface area contributed by atoms with Gasteiger partial charge in [0.15, 0.2) is 0 Å². The van der Waals surface area contributed by atoms with Crippen molar-refractivity contribution < 1.29 is 4.79 Å². The third-order valence-electron chi connectivity index (χ3n) is 4.88. The number of amides is 1. The summed E-state index contributed by atoms with van der Waals surface area (Å²) >= 11 is 0. The van der Waals surface area contributed by atoms with Gasteiger partial charge in [-0.25, -0.2) is 4.98 Å². The van der Waals surface area contributed by atoms with Gasteiger partial charge in [0.2, 0.25) is 5.91 Å². The van der Waals surface area contributed by atoms with Gasteiger partial charge in [0.25, 0.3) is 0 Å². The summed E-state index contributed by atoms with van der Waals surface area (Å²) in [5.74, 6) is 1.65. The number of carbonyl (C=O) groups excluding carboxylic acids is 1. The molecule has 116 valence electrons. The lowest BCUT2D eigenvalue weighted by Gasteiger charge is -2.30. The molecule has 2 aromatic heterocycles. The summed E-state index contributed by atoms with van der Waals surface area (Å²) in [6.45, 7) is 5.33. The lowest BCUT2D eigenvalue weighted by Crippen LogP contribution is -2.40. The zero-order valence-corrected chi connectivity index (χ0v) is 13.0. The van der Waals surface area contributed by atoms with Crippen molar-refractivity contribution in [3.63, 3.8) is 0 Å². The second kappa shape index (κ2) is 4.97. The summed E-state index contributed by atoms with van der Waals surface area (Å²) in [6.07, 6.45) is 6.96. The Hall–Kier alpha value is -2.11. The molecule has 1 amide bonds. The summed E-state index contributed by atoms with van der Waals surface area (Å²) in [6, 6.07) is -0.208. The number of imidazole rings is 1. The van der Waals surface area contributed by atoms with Crippen molar-refractivity contribution >= 4 is 5.91 Å². The highest BCUT2D eigenvalue weighted by Crippen LogP contribution is 2.42. The summed E-state index contributed by atoms with van der Waals surface area (Å²) in [4.78, 5) is 19.0. The van der Waals surface area contributed by atoms with Crippen molar-refractivity contribution in [1.29, 1.82) is 0 Å². The maximum Gasteiger partial charge on any atom is 0.245 e. The van der Waals surface area contributed by atoms with E-state index in [1.54, 1.807) is 6.20 Å². The Balaban J connectivity index is 1.55. The van der Waals surface area contributed by atoms with Gasteiger partial charge in [-0.2, -0.15) is 5.10 Å². The van der Waals surface area contributed by atoms with E-state index in [1.165, 1.54) is 29.8 Å². The van der Waals surface area contributed by atoms with Crippen LogP contribution >= 0.6 is 0 Å². The number of aromatic nitrogens is 4. The Bertz CT molecular complexity index is 712. The number of hydrogen-bond donors (Lipinski definition) is 1. The predicted molar refractivity (Wildman–Crippen MR) is 81.4 cm³/mol. The molecule has 0 unspecified atom stereocenters. The Morgan fingerprint density at radius 3 is 2.95 bits per heavy atom. The van der Waals surface area contributed by atoms with Crippen LogP contribution in [0.2, 0.25) is 0 Å². The maximum absolute atomic E-state index is 12.8. The molecule has 1 aliphatic carbocycles. The number of fused-ring (bicyclic) bond motifs is 1. The van der Waals surface area contributed by atoms with E-state index >= 15 is 0 Å². The van der Waals surface area contributed by atoms with E-state index in [0.29, 0.717) is 12.5 Å². The minimum absolute atomic E-state index is 0.162. The van der Waals surface area contributed by atoms with E-state index in [9.17, 15) is 4.79 Å². The van der Waals surface area contributed by atoms with Gasteiger partial charge in [-0.15, -0.1) is 0 Å². The van der Waals surface area contributed by atoms with Crippen molar-refractivity contribution in [3.8, 4) is 0 Å². The molecule has 3 heterocycles. The Labute approximate surface area is 129 Å². The molecule has 2 aromatic rings. The standard InChI is InChI=1S/C16H21N5O/c1-10(21-8-6-17-11(21)2)16(22)20-7-5-14-13(9-20)15(19-18-14)12-3-4-12/h6,8,10,12H,3-5,7,9H2,1-2H3,(H,18,19)/t10-/m0/s1. The highest BCUT2D eigenvalue weighted by atomic mass is 16.2. The van der Waals surface area contributed by atoms with Crippen LogP contribution in [0, 0.1) is 6.92 Å². The van der Waals surface area contributed by atoms with Crippen LogP contribution < -0.4 is 0 Å². The first-order valence-corrected chi connectivity index (χ1v) is 7.99. The largest absolute Gasteiger partial charge is 0.336 e. The van der Waals surface area contributed by atoms with Crippen molar-refractivity contribution in [2.45, 2.75) is 51.6 Å². The second-order valence-corrected chi connectivity index (χ2v) is 6.41. The first-order valence-electron chi connectivity index (χ1n) is 7.99. The Kier molecular flexibility index (Phi) is 3.06. The fourth-order valence-electron chi connectivity index (χ4n) is 3.38. The van der Waals surface area contributed by atoms with Crippen LogP contribution in [0.4, 0.5) is 0 Å². The van der Waals surface area contributed by atoms with Crippen molar-refractivity contribution in [2.24, 2.45) is 0 Å². The van der Waals surface area contributed by atoms with Crippen LogP contribution in [0.5, 0.6) is 0 Å². The Morgan fingerprint density at radius 2 is 2.27 bits per heavy atom. The molecule has 0 spiro atoms. The quantitative estimate of drug-likeness (QED) is 0.942. The van der Waals surface area contributed by atoms with E-state index in [4.69, 9.17) is 0 Å². The molecule has 0 aromatic carbocycles. The molecule has 1 saturated carbocycles. The first kappa shape index (κ1) is 13.5. The molecular weight excluding hydrogens is 278 g/mol. The van der Waals surface area contributed by atoms with Gasteiger partial charge in [-0.05, 0) is 26.7 Å². The van der Waals surface area contributed by atoms with Crippen LogP contribution in [-0.4, -0.2) is 37.1 Å². The molecular formula is C16H21N5O. The minimum atomic E-state index is -0.208. The molecule has 0 radical (unpaired) electrons.